The highest BCUT2D eigenvalue weighted by molar-refractivity contribution is 6.35. The summed E-state index contributed by atoms with van der Waals surface area (Å²) in [7, 11) is 0. The fourth-order valence-electron chi connectivity index (χ4n) is 4.04. The Kier molecular flexibility index (Phi) is 5.40. The minimum Gasteiger partial charge on any atom is -0.465 e. The molecule has 0 bridgehead atoms. The third-order valence-corrected chi connectivity index (χ3v) is 6.53. The average molecular weight is 493 g/mol. The number of likely N-dealkylation sites (tertiary alicyclic amines) is 1. The SMILES string of the molecule is O=C(O)N1CC(F)(c2ccc(C3=NCC(c4cc(Cl)c(F)c(Cl)c4)(C(F)(F)F)C3)cc2)C1. The molecule has 1 saturated heterocycles. The van der Waals surface area contributed by atoms with Crippen molar-refractivity contribution in [3.63, 3.8) is 0 Å². The molecule has 1 atom stereocenters. The molecule has 4 rings (SSSR count). The number of carbonyl (C=O) groups is 1. The van der Waals surface area contributed by atoms with Crippen LogP contribution < -0.4 is 0 Å². The summed E-state index contributed by atoms with van der Waals surface area (Å²) in [4.78, 5) is 15.9. The van der Waals surface area contributed by atoms with Crippen molar-refractivity contribution in [2.24, 2.45) is 4.99 Å². The van der Waals surface area contributed by atoms with E-state index < -0.39 is 52.2 Å². The molecule has 1 fully saturated rings. The van der Waals surface area contributed by atoms with Crippen molar-refractivity contribution in [1.29, 1.82) is 0 Å². The molecule has 0 radical (unpaired) electrons. The lowest BCUT2D eigenvalue weighted by Gasteiger charge is -2.42. The van der Waals surface area contributed by atoms with Gasteiger partial charge in [-0.15, -0.1) is 0 Å². The Morgan fingerprint density at radius 1 is 1.06 bits per heavy atom. The van der Waals surface area contributed by atoms with Crippen LogP contribution >= 0.6 is 23.2 Å². The van der Waals surface area contributed by atoms with Crippen molar-refractivity contribution in [3.8, 4) is 0 Å². The molecule has 0 aliphatic carbocycles. The Hall–Kier alpha value is -2.39. The predicted octanol–water partition coefficient (Wildman–Crippen LogP) is 5.98. The lowest BCUT2D eigenvalue weighted by atomic mass is 9.76. The number of alkyl halides is 4. The van der Waals surface area contributed by atoms with Crippen LogP contribution in [0.5, 0.6) is 0 Å². The van der Waals surface area contributed by atoms with Crippen molar-refractivity contribution in [2.45, 2.75) is 23.7 Å². The Morgan fingerprint density at radius 2 is 1.62 bits per heavy atom. The fraction of sp³-hybridized carbons (Fsp3) is 0.333. The summed E-state index contributed by atoms with van der Waals surface area (Å²) in [6.45, 7) is -1.26. The van der Waals surface area contributed by atoms with Crippen LogP contribution in [0.4, 0.5) is 26.7 Å². The van der Waals surface area contributed by atoms with E-state index in [2.05, 4.69) is 4.99 Å². The van der Waals surface area contributed by atoms with Gasteiger partial charge in [0.05, 0.1) is 29.7 Å². The topological polar surface area (TPSA) is 52.9 Å². The van der Waals surface area contributed by atoms with Crippen LogP contribution in [0.25, 0.3) is 0 Å². The first kappa shape index (κ1) is 22.8. The molecule has 0 saturated carbocycles. The molecular formula is C21H15Cl2F5N2O2. The molecule has 11 heteroatoms. The summed E-state index contributed by atoms with van der Waals surface area (Å²) in [6.07, 6.45) is -6.47. The smallest absolute Gasteiger partial charge is 0.407 e. The molecule has 1 unspecified atom stereocenters. The Morgan fingerprint density at radius 3 is 2.12 bits per heavy atom. The molecule has 2 aliphatic heterocycles. The summed E-state index contributed by atoms with van der Waals surface area (Å²) in [5, 5.41) is 7.84. The summed E-state index contributed by atoms with van der Waals surface area (Å²) in [5.41, 5.74) is -3.80. The van der Waals surface area contributed by atoms with E-state index in [9.17, 15) is 26.7 Å². The molecule has 1 N–H and O–H groups in total. The third-order valence-electron chi connectivity index (χ3n) is 5.98. The van der Waals surface area contributed by atoms with Gasteiger partial charge in [-0.25, -0.2) is 13.6 Å². The molecular weight excluding hydrogens is 478 g/mol. The number of hydrogen-bond acceptors (Lipinski definition) is 2. The summed E-state index contributed by atoms with van der Waals surface area (Å²) in [5.74, 6) is -0.998. The van der Waals surface area contributed by atoms with E-state index >= 15 is 0 Å². The zero-order valence-corrected chi connectivity index (χ0v) is 17.7. The number of carboxylic acid groups (broad SMARTS) is 1. The van der Waals surface area contributed by atoms with Gasteiger partial charge in [0.2, 0.25) is 0 Å². The fourth-order valence-corrected chi connectivity index (χ4v) is 4.53. The summed E-state index contributed by atoms with van der Waals surface area (Å²) < 4.78 is 71.1. The first-order valence-corrected chi connectivity index (χ1v) is 10.1. The van der Waals surface area contributed by atoms with Crippen molar-refractivity contribution in [2.75, 3.05) is 19.6 Å². The Labute approximate surface area is 189 Å². The second kappa shape index (κ2) is 7.59. The average Bonchev–Trinajstić information content (AvgIpc) is 3.16. The van der Waals surface area contributed by atoms with Gasteiger partial charge in [0.15, 0.2) is 11.5 Å². The van der Waals surface area contributed by atoms with Crippen LogP contribution in [0.1, 0.15) is 23.1 Å². The molecule has 0 aromatic heterocycles. The first-order chi connectivity index (χ1) is 14.9. The number of amides is 1. The quantitative estimate of drug-likeness (QED) is 0.423. The summed E-state index contributed by atoms with van der Waals surface area (Å²) in [6, 6.07) is 7.56. The van der Waals surface area contributed by atoms with Gasteiger partial charge in [0.25, 0.3) is 0 Å². The molecule has 4 nitrogen and oxygen atoms in total. The van der Waals surface area contributed by atoms with Crippen molar-refractivity contribution in [3.05, 3.63) is 69.0 Å². The van der Waals surface area contributed by atoms with Gasteiger partial charge in [-0.1, -0.05) is 47.5 Å². The van der Waals surface area contributed by atoms with Gasteiger partial charge >= 0.3 is 12.3 Å². The molecule has 0 spiro atoms. The minimum absolute atomic E-state index is 0.152. The van der Waals surface area contributed by atoms with Crippen molar-refractivity contribution < 1.29 is 31.9 Å². The predicted molar refractivity (Wildman–Crippen MR) is 109 cm³/mol. The normalized spacial score (nSPS) is 22.5. The summed E-state index contributed by atoms with van der Waals surface area (Å²) >= 11 is 11.5. The van der Waals surface area contributed by atoms with Gasteiger partial charge in [0, 0.05) is 12.1 Å². The number of benzene rings is 2. The lowest BCUT2D eigenvalue weighted by Crippen LogP contribution is -2.58. The second-order valence-corrected chi connectivity index (χ2v) is 8.77. The lowest BCUT2D eigenvalue weighted by molar-refractivity contribution is -0.183. The van der Waals surface area contributed by atoms with Gasteiger partial charge in [-0.05, 0) is 28.8 Å². The van der Waals surface area contributed by atoms with Gasteiger partial charge in [-0.3, -0.25) is 4.99 Å². The van der Waals surface area contributed by atoms with Crippen molar-refractivity contribution in [1.82, 2.24) is 4.90 Å². The van der Waals surface area contributed by atoms with Crippen LogP contribution in [0.2, 0.25) is 10.0 Å². The van der Waals surface area contributed by atoms with Gasteiger partial charge in [-0.2, -0.15) is 13.2 Å². The number of halogens is 7. The van der Waals surface area contributed by atoms with Gasteiger partial charge in [0.1, 0.15) is 5.41 Å². The molecule has 2 aromatic carbocycles. The molecule has 32 heavy (non-hydrogen) atoms. The maximum Gasteiger partial charge on any atom is 0.407 e. The zero-order valence-electron chi connectivity index (χ0n) is 16.2. The molecule has 2 heterocycles. The Bertz CT molecular complexity index is 1090. The molecule has 2 aromatic rings. The second-order valence-electron chi connectivity index (χ2n) is 7.95. The number of nitrogens with zero attached hydrogens (tertiary/aromatic N) is 2. The van der Waals surface area contributed by atoms with E-state index in [1.54, 1.807) is 0 Å². The van der Waals surface area contributed by atoms with E-state index in [4.69, 9.17) is 28.3 Å². The van der Waals surface area contributed by atoms with Crippen molar-refractivity contribution >= 4 is 35.0 Å². The standard InChI is InChI=1S/C21H15Cl2F5N2O2/c22-14-5-13(6-15(23)17(14)24)19(21(26,27)28)7-16(29-8-19)11-1-3-12(4-2-11)20(25)9-30(10-20)18(31)32/h1-6H,7-10H2,(H,31,32). The maximum atomic E-state index is 14.8. The van der Waals surface area contributed by atoms with Crippen LogP contribution in [0, 0.1) is 5.82 Å². The van der Waals surface area contributed by atoms with Crippen LogP contribution in [-0.2, 0) is 11.1 Å². The first-order valence-electron chi connectivity index (χ1n) is 9.39. The Balaban J connectivity index is 1.60. The number of aliphatic imine (C=N–C) groups is 1. The minimum atomic E-state index is -4.72. The molecule has 170 valence electrons. The van der Waals surface area contributed by atoms with E-state index in [-0.39, 0.29) is 29.9 Å². The molecule has 1 amide bonds. The van der Waals surface area contributed by atoms with E-state index in [1.807, 2.05) is 0 Å². The van der Waals surface area contributed by atoms with Crippen LogP contribution in [-0.4, -0.2) is 47.6 Å². The van der Waals surface area contributed by atoms with E-state index in [1.165, 1.54) is 24.3 Å². The number of rotatable bonds is 3. The monoisotopic (exact) mass is 492 g/mol. The largest absolute Gasteiger partial charge is 0.465 e. The maximum absolute atomic E-state index is 14.8. The van der Waals surface area contributed by atoms with E-state index in [0.29, 0.717) is 5.56 Å². The highest BCUT2D eigenvalue weighted by atomic mass is 35.5. The van der Waals surface area contributed by atoms with Crippen LogP contribution in [0.3, 0.4) is 0 Å². The highest BCUT2D eigenvalue weighted by Crippen LogP contribution is 2.49. The van der Waals surface area contributed by atoms with Gasteiger partial charge < -0.3 is 10.0 Å². The van der Waals surface area contributed by atoms with Crippen LogP contribution in [0.15, 0.2) is 41.4 Å². The van der Waals surface area contributed by atoms with E-state index in [0.717, 1.165) is 17.0 Å². The zero-order chi connectivity index (χ0) is 23.5. The number of hydrogen-bond donors (Lipinski definition) is 1. The molecule has 2 aliphatic rings. The highest BCUT2D eigenvalue weighted by Gasteiger charge is 2.58. The third kappa shape index (κ3) is 3.61.